The first-order chi connectivity index (χ1) is 15.2. The van der Waals surface area contributed by atoms with Gasteiger partial charge in [-0.1, -0.05) is 11.6 Å². The van der Waals surface area contributed by atoms with E-state index in [0.29, 0.717) is 37.7 Å². The van der Waals surface area contributed by atoms with Crippen LogP contribution in [-0.4, -0.2) is 32.2 Å². The summed E-state index contributed by atoms with van der Waals surface area (Å²) >= 11 is 7.10. The predicted octanol–water partition coefficient (Wildman–Crippen LogP) is 4.71. The maximum Gasteiger partial charge on any atom is 0.267 e. The van der Waals surface area contributed by atoms with Crippen LogP contribution in [-0.2, 0) is 16.6 Å². The van der Waals surface area contributed by atoms with E-state index in [1.54, 1.807) is 43.3 Å². The van der Waals surface area contributed by atoms with Crippen LogP contribution in [0.4, 0.5) is 11.4 Å². The van der Waals surface area contributed by atoms with Crippen molar-refractivity contribution in [1.29, 1.82) is 0 Å². The summed E-state index contributed by atoms with van der Waals surface area (Å²) in [6.45, 7) is 3.51. The molecular weight excluding hydrogens is 474 g/mol. The maximum absolute atomic E-state index is 12.8. The Bertz CT molecular complexity index is 1210. The highest BCUT2D eigenvalue weighted by Gasteiger charge is 2.17. The molecule has 0 atom stereocenters. The van der Waals surface area contributed by atoms with Crippen molar-refractivity contribution in [3.05, 3.63) is 63.1 Å². The van der Waals surface area contributed by atoms with Crippen LogP contribution >= 0.6 is 22.9 Å². The van der Waals surface area contributed by atoms with Crippen LogP contribution in [0.15, 0.2) is 42.5 Å². The van der Waals surface area contributed by atoms with Gasteiger partial charge in [-0.05, 0) is 50.2 Å². The number of thiazole rings is 1. The molecule has 0 saturated carbocycles. The van der Waals surface area contributed by atoms with Crippen LogP contribution in [0.5, 0.6) is 11.5 Å². The van der Waals surface area contributed by atoms with Crippen molar-refractivity contribution in [2.75, 3.05) is 22.9 Å². The van der Waals surface area contributed by atoms with Crippen molar-refractivity contribution in [3.63, 3.8) is 0 Å². The molecular formula is C21H22ClN3O5S2. The number of hydrogen-bond acceptors (Lipinski definition) is 7. The predicted molar refractivity (Wildman–Crippen MR) is 127 cm³/mol. The van der Waals surface area contributed by atoms with Crippen LogP contribution in [0.2, 0.25) is 5.02 Å². The molecule has 0 aliphatic rings. The van der Waals surface area contributed by atoms with E-state index in [1.807, 2.05) is 0 Å². The zero-order chi connectivity index (χ0) is 23.3. The number of nitrogens with zero attached hydrogens (tertiary/aromatic N) is 1. The van der Waals surface area contributed by atoms with Crippen LogP contribution in [0.3, 0.4) is 0 Å². The van der Waals surface area contributed by atoms with E-state index in [4.69, 9.17) is 21.1 Å². The summed E-state index contributed by atoms with van der Waals surface area (Å²) in [7, 11) is -2.04. The zero-order valence-electron chi connectivity index (χ0n) is 17.6. The van der Waals surface area contributed by atoms with Crippen LogP contribution in [0.25, 0.3) is 0 Å². The van der Waals surface area contributed by atoms with Gasteiger partial charge in [0.05, 0.1) is 24.2 Å². The molecule has 0 saturated heterocycles. The van der Waals surface area contributed by atoms with Gasteiger partial charge < -0.3 is 14.8 Å². The first kappa shape index (κ1) is 23.8. The Morgan fingerprint density at radius 2 is 1.91 bits per heavy atom. The quantitative estimate of drug-likeness (QED) is 0.445. The average molecular weight is 496 g/mol. The number of amides is 1. The summed E-state index contributed by atoms with van der Waals surface area (Å²) in [4.78, 5) is 17.6. The van der Waals surface area contributed by atoms with Crippen molar-refractivity contribution >= 4 is 50.2 Å². The smallest absolute Gasteiger partial charge is 0.267 e. The van der Waals surface area contributed by atoms with Gasteiger partial charge >= 0.3 is 0 Å². The van der Waals surface area contributed by atoms with Crippen molar-refractivity contribution in [2.24, 2.45) is 0 Å². The summed E-state index contributed by atoms with van der Waals surface area (Å²) in [5.74, 6) is 0.544. The number of methoxy groups -OCH3 is 1. The van der Waals surface area contributed by atoms with Crippen molar-refractivity contribution in [1.82, 2.24) is 4.98 Å². The zero-order valence-corrected chi connectivity index (χ0v) is 20.0. The first-order valence-corrected chi connectivity index (χ1v) is 12.4. The molecule has 0 spiro atoms. The second kappa shape index (κ2) is 10.2. The third-order valence-corrected chi connectivity index (χ3v) is 7.00. The molecule has 3 rings (SSSR count). The number of aryl methyl sites for hydroxylation is 1. The number of sulfonamides is 1. The molecule has 8 nitrogen and oxygen atoms in total. The standard InChI is InChI=1S/C21H22ClN3O5S2/c1-4-32(27,28)25-17-10-7-15(11-18(17)29-3)24-21(26)20-13(2)23-19(31-20)12-30-16-8-5-14(22)6-9-16/h5-11,25H,4,12H2,1-3H3,(H,24,26). The number of anilines is 2. The van der Waals surface area contributed by atoms with Crippen molar-refractivity contribution < 1.29 is 22.7 Å². The lowest BCUT2D eigenvalue weighted by atomic mass is 10.2. The van der Waals surface area contributed by atoms with Gasteiger partial charge in [0.25, 0.3) is 5.91 Å². The number of benzene rings is 2. The molecule has 1 aromatic heterocycles. The molecule has 2 N–H and O–H groups in total. The lowest BCUT2D eigenvalue weighted by Gasteiger charge is -2.13. The lowest BCUT2D eigenvalue weighted by molar-refractivity contribution is 0.103. The summed E-state index contributed by atoms with van der Waals surface area (Å²) in [5, 5.41) is 4.07. The minimum absolute atomic E-state index is 0.0661. The largest absolute Gasteiger partial charge is 0.494 e. The molecule has 0 unspecified atom stereocenters. The van der Waals surface area contributed by atoms with Crippen LogP contribution in [0, 0.1) is 6.92 Å². The average Bonchev–Trinajstić information content (AvgIpc) is 3.15. The monoisotopic (exact) mass is 495 g/mol. The molecule has 0 radical (unpaired) electrons. The highest BCUT2D eigenvalue weighted by atomic mass is 35.5. The third kappa shape index (κ3) is 6.12. The van der Waals surface area contributed by atoms with Crippen molar-refractivity contribution in [2.45, 2.75) is 20.5 Å². The van der Waals surface area contributed by atoms with E-state index in [9.17, 15) is 13.2 Å². The van der Waals surface area contributed by atoms with Gasteiger partial charge in [0.1, 0.15) is 28.0 Å². The number of carbonyl (C=O) groups is 1. The third-order valence-electron chi connectivity index (χ3n) is 4.33. The fourth-order valence-corrected chi connectivity index (χ4v) is 4.33. The Labute approximate surface area is 195 Å². The number of aromatic nitrogens is 1. The van der Waals surface area contributed by atoms with Gasteiger partial charge in [-0.3, -0.25) is 9.52 Å². The van der Waals surface area contributed by atoms with Gasteiger partial charge in [-0.25, -0.2) is 13.4 Å². The number of halogens is 1. The Hall–Kier alpha value is -2.82. The molecule has 1 amide bonds. The van der Waals surface area contributed by atoms with Crippen LogP contribution < -0.4 is 19.5 Å². The minimum atomic E-state index is -3.46. The summed E-state index contributed by atoms with van der Waals surface area (Å²) in [6.07, 6.45) is 0. The molecule has 1 heterocycles. The second-order valence-electron chi connectivity index (χ2n) is 6.64. The summed E-state index contributed by atoms with van der Waals surface area (Å²) in [5.41, 5.74) is 1.34. The minimum Gasteiger partial charge on any atom is -0.494 e. The highest BCUT2D eigenvalue weighted by Crippen LogP contribution is 2.30. The molecule has 11 heteroatoms. The van der Waals surface area contributed by atoms with Gasteiger partial charge in [0, 0.05) is 16.8 Å². The summed E-state index contributed by atoms with van der Waals surface area (Å²) in [6, 6.07) is 11.7. The first-order valence-electron chi connectivity index (χ1n) is 9.55. The SMILES string of the molecule is CCS(=O)(=O)Nc1ccc(NC(=O)c2sc(COc3ccc(Cl)cc3)nc2C)cc1OC. The Morgan fingerprint density at radius 3 is 2.56 bits per heavy atom. The number of rotatable bonds is 9. The van der Waals surface area contributed by atoms with E-state index >= 15 is 0 Å². The van der Waals surface area contributed by atoms with E-state index in [2.05, 4.69) is 15.0 Å². The second-order valence-corrected chi connectivity index (χ2v) is 10.2. The van der Waals surface area contributed by atoms with E-state index in [0.717, 1.165) is 0 Å². The Balaban J connectivity index is 1.69. The Morgan fingerprint density at radius 1 is 1.19 bits per heavy atom. The summed E-state index contributed by atoms with van der Waals surface area (Å²) < 4.78 is 37.0. The van der Waals surface area contributed by atoms with E-state index in [-0.39, 0.29) is 24.0 Å². The maximum atomic E-state index is 12.8. The number of carbonyl (C=O) groups excluding carboxylic acids is 1. The lowest BCUT2D eigenvalue weighted by Crippen LogP contribution is -2.16. The van der Waals surface area contributed by atoms with Gasteiger partial charge in [0.15, 0.2) is 0 Å². The molecule has 0 bridgehead atoms. The van der Waals surface area contributed by atoms with Gasteiger partial charge in [-0.2, -0.15) is 0 Å². The molecule has 32 heavy (non-hydrogen) atoms. The van der Waals surface area contributed by atoms with Crippen LogP contribution in [0.1, 0.15) is 27.3 Å². The topological polar surface area (TPSA) is 107 Å². The van der Waals surface area contributed by atoms with E-state index < -0.39 is 10.0 Å². The highest BCUT2D eigenvalue weighted by molar-refractivity contribution is 7.92. The van der Waals surface area contributed by atoms with Crippen molar-refractivity contribution in [3.8, 4) is 11.5 Å². The molecule has 2 aromatic carbocycles. The van der Waals surface area contributed by atoms with Gasteiger partial charge in [0.2, 0.25) is 10.0 Å². The normalized spacial score (nSPS) is 11.1. The molecule has 0 aliphatic carbocycles. The molecule has 0 fully saturated rings. The fraction of sp³-hybridized carbons (Fsp3) is 0.238. The fourth-order valence-electron chi connectivity index (χ4n) is 2.68. The van der Waals surface area contributed by atoms with Gasteiger partial charge in [-0.15, -0.1) is 11.3 Å². The number of nitrogens with one attached hydrogen (secondary N) is 2. The number of ether oxygens (including phenoxy) is 2. The molecule has 170 valence electrons. The van der Waals surface area contributed by atoms with E-state index in [1.165, 1.54) is 31.4 Å². The number of hydrogen-bond donors (Lipinski definition) is 2. The molecule has 3 aromatic rings. The Kier molecular flexibility index (Phi) is 7.60. The molecule has 0 aliphatic heterocycles.